The molecule has 102 valence electrons. The molecule has 1 aromatic rings. The van der Waals surface area contributed by atoms with Crippen LogP contribution in [0.3, 0.4) is 0 Å². The summed E-state index contributed by atoms with van der Waals surface area (Å²) >= 11 is 0. The Bertz CT molecular complexity index is 489. The number of para-hydroxylation sites is 1. The molecule has 1 saturated heterocycles. The van der Waals surface area contributed by atoms with E-state index in [1.165, 1.54) is 4.90 Å². The van der Waals surface area contributed by atoms with Crippen LogP contribution in [0.25, 0.3) is 0 Å². The lowest BCUT2D eigenvalue weighted by atomic mass is 10.1. The molecule has 1 fully saturated rings. The minimum absolute atomic E-state index is 0.0495. The molecule has 0 aliphatic carbocycles. The molecule has 2 amide bonds. The van der Waals surface area contributed by atoms with Gasteiger partial charge in [0.2, 0.25) is 0 Å². The molecule has 0 bridgehead atoms. The Morgan fingerprint density at radius 3 is 2.95 bits per heavy atom. The molecule has 0 spiro atoms. The van der Waals surface area contributed by atoms with Crippen LogP contribution in [0.15, 0.2) is 24.3 Å². The van der Waals surface area contributed by atoms with Gasteiger partial charge in [-0.05, 0) is 6.07 Å². The molecule has 6 heteroatoms. The number of carbonyl (C=O) groups excluding carboxylic acids is 1. The lowest BCUT2D eigenvalue weighted by Crippen LogP contribution is -2.30. The highest BCUT2D eigenvalue weighted by Gasteiger charge is 2.31. The molecule has 0 saturated carbocycles. The van der Waals surface area contributed by atoms with E-state index in [1.54, 1.807) is 7.11 Å². The fraction of sp³-hybridized carbons (Fsp3) is 0.385. The first-order valence-corrected chi connectivity index (χ1v) is 6.02. The number of hydrogen-bond donors (Lipinski definition) is 2. The van der Waals surface area contributed by atoms with Crippen LogP contribution >= 0.6 is 0 Å². The van der Waals surface area contributed by atoms with Crippen LogP contribution in [0.2, 0.25) is 0 Å². The highest BCUT2D eigenvalue weighted by Crippen LogP contribution is 2.28. The number of carboxylic acid groups (broad SMARTS) is 1. The third kappa shape index (κ3) is 2.96. The topological polar surface area (TPSA) is 78.9 Å². The van der Waals surface area contributed by atoms with Gasteiger partial charge in [-0.1, -0.05) is 18.2 Å². The Morgan fingerprint density at radius 1 is 1.53 bits per heavy atom. The zero-order valence-electron chi connectivity index (χ0n) is 10.6. The molecule has 1 aliphatic rings. The minimum atomic E-state index is -0.909. The maximum atomic E-state index is 11.8. The largest absolute Gasteiger partial charge is 0.496 e. The number of carboxylic acids is 1. The van der Waals surface area contributed by atoms with Crippen molar-refractivity contribution in [2.75, 3.05) is 20.2 Å². The molecule has 2 rings (SSSR count). The van der Waals surface area contributed by atoms with Crippen molar-refractivity contribution in [1.29, 1.82) is 0 Å². The number of nitrogens with one attached hydrogen (secondary N) is 1. The summed E-state index contributed by atoms with van der Waals surface area (Å²) in [4.78, 5) is 23.8. The smallest absolute Gasteiger partial charge is 0.318 e. The number of carbonyl (C=O) groups is 2. The van der Waals surface area contributed by atoms with Crippen molar-refractivity contribution in [2.45, 2.75) is 12.5 Å². The Labute approximate surface area is 111 Å². The SMILES string of the molecule is COc1ccccc1C1CN(CCC(=O)O)C(=O)N1. The van der Waals surface area contributed by atoms with Crippen LogP contribution in [0.5, 0.6) is 5.75 Å². The van der Waals surface area contributed by atoms with E-state index in [4.69, 9.17) is 9.84 Å². The molecule has 0 aromatic heterocycles. The third-order valence-corrected chi connectivity index (χ3v) is 3.10. The van der Waals surface area contributed by atoms with Crippen molar-refractivity contribution < 1.29 is 19.4 Å². The number of rotatable bonds is 5. The Kier molecular flexibility index (Phi) is 3.89. The second kappa shape index (κ2) is 5.60. The first kappa shape index (κ1) is 13.2. The molecule has 19 heavy (non-hydrogen) atoms. The van der Waals surface area contributed by atoms with Crippen LogP contribution < -0.4 is 10.1 Å². The summed E-state index contributed by atoms with van der Waals surface area (Å²) in [5, 5.41) is 11.5. The average molecular weight is 264 g/mol. The lowest BCUT2D eigenvalue weighted by Gasteiger charge is -2.15. The second-order valence-corrected chi connectivity index (χ2v) is 4.33. The number of hydrogen-bond acceptors (Lipinski definition) is 3. The summed E-state index contributed by atoms with van der Waals surface area (Å²) in [6.45, 7) is 0.666. The lowest BCUT2D eigenvalue weighted by molar-refractivity contribution is -0.137. The molecule has 6 nitrogen and oxygen atoms in total. The van der Waals surface area contributed by atoms with E-state index in [9.17, 15) is 9.59 Å². The first-order valence-electron chi connectivity index (χ1n) is 6.02. The van der Waals surface area contributed by atoms with E-state index in [0.29, 0.717) is 12.3 Å². The van der Waals surface area contributed by atoms with Gasteiger partial charge in [0.15, 0.2) is 0 Å². The molecule has 1 unspecified atom stereocenters. The van der Waals surface area contributed by atoms with Crippen molar-refractivity contribution in [1.82, 2.24) is 10.2 Å². The molecule has 1 heterocycles. The quantitative estimate of drug-likeness (QED) is 0.838. The first-order chi connectivity index (χ1) is 9.11. The highest BCUT2D eigenvalue weighted by molar-refractivity contribution is 5.78. The van der Waals surface area contributed by atoms with E-state index >= 15 is 0 Å². The van der Waals surface area contributed by atoms with Crippen molar-refractivity contribution >= 4 is 12.0 Å². The maximum Gasteiger partial charge on any atom is 0.318 e. The van der Waals surface area contributed by atoms with Crippen LogP contribution in [0.4, 0.5) is 4.79 Å². The minimum Gasteiger partial charge on any atom is -0.496 e. The van der Waals surface area contributed by atoms with Gasteiger partial charge in [-0.15, -0.1) is 0 Å². The van der Waals surface area contributed by atoms with Gasteiger partial charge in [0.1, 0.15) is 5.75 Å². The zero-order chi connectivity index (χ0) is 13.8. The molecule has 0 radical (unpaired) electrons. The molecule has 2 N–H and O–H groups in total. The predicted molar refractivity (Wildman–Crippen MR) is 68.1 cm³/mol. The van der Waals surface area contributed by atoms with Gasteiger partial charge in [-0.3, -0.25) is 4.79 Å². The fourth-order valence-electron chi connectivity index (χ4n) is 2.14. The second-order valence-electron chi connectivity index (χ2n) is 4.33. The number of nitrogens with zero attached hydrogens (tertiary/aromatic N) is 1. The normalized spacial score (nSPS) is 18.3. The van der Waals surface area contributed by atoms with Gasteiger partial charge in [0, 0.05) is 18.7 Å². The number of ether oxygens (including phenoxy) is 1. The number of urea groups is 1. The van der Waals surface area contributed by atoms with Gasteiger partial charge < -0.3 is 20.1 Å². The molecule has 1 aliphatic heterocycles. The molecule has 1 atom stereocenters. The van der Waals surface area contributed by atoms with E-state index in [2.05, 4.69) is 5.32 Å². The van der Waals surface area contributed by atoms with Crippen molar-refractivity contribution in [2.24, 2.45) is 0 Å². The van der Waals surface area contributed by atoms with E-state index < -0.39 is 5.97 Å². The number of benzene rings is 1. The standard InChI is InChI=1S/C13H16N2O4/c1-19-11-5-3-2-4-9(11)10-8-15(13(18)14-10)7-6-12(16)17/h2-5,10H,6-8H2,1H3,(H,14,18)(H,16,17). The Hall–Kier alpha value is -2.24. The highest BCUT2D eigenvalue weighted by atomic mass is 16.5. The van der Waals surface area contributed by atoms with Crippen LogP contribution in [0.1, 0.15) is 18.0 Å². The summed E-state index contributed by atoms with van der Waals surface area (Å²) in [5.74, 6) is -0.193. The maximum absolute atomic E-state index is 11.8. The summed E-state index contributed by atoms with van der Waals surface area (Å²) in [6.07, 6.45) is -0.0495. The van der Waals surface area contributed by atoms with Gasteiger partial charge >= 0.3 is 12.0 Å². The summed E-state index contributed by atoms with van der Waals surface area (Å²) in [5.41, 5.74) is 0.899. The van der Waals surface area contributed by atoms with Gasteiger partial charge in [-0.2, -0.15) is 0 Å². The third-order valence-electron chi connectivity index (χ3n) is 3.10. The van der Waals surface area contributed by atoms with Gasteiger partial charge in [0.25, 0.3) is 0 Å². The summed E-state index contributed by atoms with van der Waals surface area (Å²) in [6, 6.07) is 7.06. The zero-order valence-corrected chi connectivity index (χ0v) is 10.6. The van der Waals surface area contributed by atoms with Crippen LogP contribution in [-0.2, 0) is 4.79 Å². The summed E-state index contributed by atoms with van der Waals surface area (Å²) < 4.78 is 5.26. The summed E-state index contributed by atoms with van der Waals surface area (Å²) in [7, 11) is 1.58. The van der Waals surface area contributed by atoms with Crippen molar-refractivity contribution in [3.63, 3.8) is 0 Å². The van der Waals surface area contributed by atoms with Gasteiger partial charge in [-0.25, -0.2) is 4.79 Å². The monoisotopic (exact) mass is 264 g/mol. The van der Waals surface area contributed by atoms with Crippen LogP contribution in [0, 0.1) is 0 Å². The number of methoxy groups -OCH3 is 1. The van der Waals surface area contributed by atoms with Crippen LogP contribution in [-0.4, -0.2) is 42.2 Å². The van der Waals surface area contributed by atoms with Crippen molar-refractivity contribution in [3.05, 3.63) is 29.8 Å². The van der Waals surface area contributed by atoms with E-state index in [0.717, 1.165) is 5.56 Å². The molecule has 1 aromatic carbocycles. The Morgan fingerprint density at radius 2 is 2.26 bits per heavy atom. The van der Waals surface area contributed by atoms with Crippen molar-refractivity contribution in [3.8, 4) is 5.75 Å². The Balaban J connectivity index is 2.07. The number of aliphatic carboxylic acids is 1. The predicted octanol–water partition coefficient (Wildman–Crippen LogP) is 1.24. The average Bonchev–Trinajstić information content (AvgIpc) is 2.77. The van der Waals surface area contributed by atoms with E-state index in [-0.39, 0.29) is 25.0 Å². The van der Waals surface area contributed by atoms with E-state index in [1.807, 2.05) is 24.3 Å². The molecular weight excluding hydrogens is 248 g/mol. The number of amides is 2. The fourth-order valence-corrected chi connectivity index (χ4v) is 2.14. The van der Waals surface area contributed by atoms with Gasteiger partial charge in [0.05, 0.1) is 19.6 Å². The molecular formula is C13H16N2O4.